The van der Waals surface area contributed by atoms with Gasteiger partial charge < -0.3 is 9.05 Å². The third-order valence-electron chi connectivity index (χ3n) is 6.48. The van der Waals surface area contributed by atoms with E-state index in [1.807, 2.05) is 12.1 Å². The van der Waals surface area contributed by atoms with Crippen LogP contribution in [0.5, 0.6) is 0 Å². The molecule has 1 heterocycles. The normalized spacial score (nSPS) is 15.4. The third kappa shape index (κ3) is 3.29. The Labute approximate surface area is 168 Å². The number of benzene rings is 2. The molecule has 146 valence electrons. The molecule has 1 aliphatic rings. The van der Waals surface area contributed by atoms with E-state index in [4.69, 9.17) is 0 Å². The molecule has 0 bridgehead atoms. The highest BCUT2D eigenvalue weighted by Crippen LogP contribution is 2.35. The fourth-order valence-corrected chi connectivity index (χ4v) is 4.99. The molecule has 1 aliphatic carbocycles. The molecular weight excluding hydrogens is 344 g/mol. The second-order valence-corrected chi connectivity index (χ2v) is 8.65. The smallest absolute Gasteiger partial charge is 0.219 e. The molecule has 0 unspecified atom stereocenters. The Balaban J connectivity index is 1.84. The summed E-state index contributed by atoms with van der Waals surface area (Å²) in [6, 6.07) is 19.3. The standard InChI is InChI=1S/C25H31N2O/c1-4-26-22-17-11-10-16-21(22)24(25(26)19-12-6-5-7-13-19)23(28)18-27(2,3)20-14-8-9-15-20/h5-7,10-13,16-17,20H,4,8-9,14-15,18H2,1-3H3/q+1. The maximum absolute atomic E-state index is 13.7. The summed E-state index contributed by atoms with van der Waals surface area (Å²) in [7, 11) is 4.46. The number of likely N-dealkylation sites (N-methyl/N-ethyl adjacent to an activating group) is 1. The average molecular weight is 376 g/mol. The lowest BCUT2D eigenvalue weighted by Crippen LogP contribution is -2.50. The Morgan fingerprint density at radius 1 is 1.00 bits per heavy atom. The zero-order chi connectivity index (χ0) is 19.7. The van der Waals surface area contributed by atoms with Crippen molar-refractivity contribution in [1.29, 1.82) is 0 Å². The molecule has 0 N–H and O–H groups in total. The maximum atomic E-state index is 13.7. The zero-order valence-corrected chi connectivity index (χ0v) is 17.3. The van der Waals surface area contributed by atoms with Gasteiger partial charge in [-0.2, -0.15) is 0 Å². The van der Waals surface area contributed by atoms with E-state index in [-0.39, 0.29) is 5.78 Å². The number of nitrogens with zero attached hydrogens (tertiary/aromatic N) is 2. The fraction of sp³-hybridized carbons (Fsp3) is 0.400. The molecule has 0 spiro atoms. The zero-order valence-electron chi connectivity index (χ0n) is 17.3. The van der Waals surface area contributed by atoms with Crippen LogP contribution in [0.1, 0.15) is 43.0 Å². The van der Waals surface area contributed by atoms with Crippen molar-refractivity contribution in [3.8, 4) is 11.3 Å². The summed E-state index contributed by atoms with van der Waals surface area (Å²) in [6.07, 6.45) is 5.07. The topological polar surface area (TPSA) is 22.0 Å². The quantitative estimate of drug-likeness (QED) is 0.410. The van der Waals surface area contributed by atoms with Crippen molar-refractivity contribution >= 4 is 16.7 Å². The van der Waals surface area contributed by atoms with E-state index in [9.17, 15) is 4.79 Å². The number of quaternary nitrogens is 1. The van der Waals surface area contributed by atoms with Gasteiger partial charge in [-0.1, -0.05) is 48.5 Å². The number of hydrogen-bond acceptors (Lipinski definition) is 1. The van der Waals surface area contributed by atoms with Crippen LogP contribution >= 0.6 is 0 Å². The van der Waals surface area contributed by atoms with Gasteiger partial charge in [-0.05, 0) is 44.2 Å². The third-order valence-corrected chi connectivity index (χ3v) is 6.48. The minimum absolute atomic E-state index is 0.263. The monoisotopic (exact) mass is 375 g/mol. The fourth-order valence-electron chi connectivity index (χ4n) is 4.99. The Hall–Kier alpha value is -2.39. The van der Waals surface area contributed by atoms with E-state index in [0.717, 1.165) is 38.8 Å². The first kappa shape index (κ1) is 18.9. The molecule has 1 fully saturated rings. The van der Waals surface area contributed by atoms with Crippen LogP contribution in [0.4, 0.5) is 0 Å². The number of Topliss-reactive ketones (excluding diaryl/α,β-unsaturated/α-hetero) is 1. The molecule has 1 aromatic heterocycles. The van der Waals surface area contributed by atoms with E-state index in [1.54, 1.807) is 0 Å². The van der Waals surface area contributed by atoms with Gasteiger partial charge in [0.2, 0.25) is 5.78 Å². The van der Waals surface area contributed by atoms with Gasteiger partial charge in [-0.15, -0.1) is 0 Å². The largest absolute Gasteiger partial charge is 0.340 e. The van der Waals surface area contributed by atoms with Crippen molar-refractivity contribution in [2.45, 2.75) is 45.2 Å². The Kier molecular flexibility index (Phi) is 5.11. The van der Waals surface area contributed by atoms with Crippen LogP contribution in [0.3, 0.4) is 0 Å². The number of hydrogen-bond donors (Lipinski definition) is 0. The average Bonchev–Trinajstić information content (AvgIpc) is 3.35. The van der Waals surface area contributed by atoms with Crippen molar-refractivity contribution in [1.82, 2.24) is 4.57 Å². The number of ketones is 1. The van der Waals surface area contributed by atoms with Crippen LogP contribution in [0, 0.1) is 0 Å². The van der Waals surface area contributed by atoms with E-state index in [0.29, 0.717) is 12.6 Å². The maximum Gasteiger partial charge on any atom is 0.219 e. The van der Waals surface area contributed by atoms with Crippen molar-refractivity contribution in [3.05, 3.63) is 60.2 Å². The van der Waals surface area contributed by atoms with Gasteiger partial charge >= 0.3 is 0 Å². The summed E-state index contributed by atoms with van der Waals surface area (Å²) in [5, 5.41) is 1.08. The Bertz CT molecular complexity index is 978. The molecule has 3 heteroatoms. The minimum Gasteiger partial charge on any atom is -0.340 e. The predicted octanol–water partition coefficient (Wildman–Crippen LogP) is 5.53. The number of carbonyl (C=O) groups excluding carboxylic acids is 1. The second-order valence-electron chi connectivity index (χ2n) is 8.65. The summed E-state index contributed by atoms with van der Waals surface area (Å²) in [5.41, 5.74) is 4.24. The number of para-hydroxylation sites is 1. The number of carbonyl (C=O) groups is 1. The lowest BCUT2D eigenvalue weighted by Gasteiger charge is -2.35. The van der Waals surface area contributed by atoms with E-state index < -0.39 is 0 Å². The molecule has 0 atom stereocenters. The number of aromatic nitrogens is 1. The Morgan fingerprint density at radius 2 is 1.64 bits per heavy atom. The molecule has 0 radical (unpaired) electrons. The highest BCUT2D eigenvalue weighted by molar-refractivity contribution is 6.14. The van der Waals surface area contributed by atoms with E-state index in [1.165, 1.54) is 25.7 Å². The van der Waals surface area contributed by atoms with Crippen LogP contribution in [-0.2, 0) is 6.54 Å². The summed E-state index contributed by atoms with van der Waals surface area (Å²) in [4.78, 5) is 13.7. The Morgan fingerprint density at radius 3 is 2.32 bits per heavy atom. The van der Waals surface area contributed by atoms with Crippen LogP contribution in [0.2, 0.25) is 0 Å². The number of rotatable bonds is 6. The van der Waals surface area contributed by atoms with Gasteiger partial charge in [-0.3, -0.25) is 4.79 Å². The summed E-state index contributed by atoms with van der Waals surface area (Å²) >= 11 is 0. The molecule has 1 saturated carbocycles. The minimum atomic E-state index is 0.263. The summed E-state index contributed by atoms with van der Waals surface area (Å²) < 4.78 is 3.09. The molecular formula is C25H31N2O+. The van der Waals surface area contributed by atoms with Crippen molar-refractivity contribution in [2.75, 3.05) is 20.6 Å². The van der Waals surface area contributed by atoms with Crippen molar-refractivity contribution in [2.24, 2.45) is 0 Å². The van der Waals surface area contributed by atoms with Gasteiger partial charge in [0.15, 0.2) is 0 Å². The van der Waals surface area contributed by atoms with Crippen LogP contribution < -0.4 is 0 Å². The van der Waals surface area contributed by atoms with Gasteiger partial charge in [-0.25, -0.2) is 0 Å². The van der Waals surface area contributed by atoms with Gasteiger partial charge in [0.05, 0.1) is 31.4 Å². The lowest BCUT2D eigenvalue weighted by molar-refractivity contribution is -0.906. The first-order valence-electron chi connectivity index (χ1n) is 10.6. The number of aryl methyl sites for hydroxylation is 1. The van der Waals surface area contributed by atoms with Crippen LogP contribution in [0.25, 0.3) is 22.2 Å². The lowest BCUT2D eigenvalue weighted by atomic mass is 10.00. The molecule has 3 nitrogen and oxygen atoms in total. The molecule has 0 aliphatic heterocycles. The predicted molar refractivity (Wildman–Crippen MR) is 117 cm³/mol. The molecule has 4 rings (SSSR count). The SMILES string of the molecule is CCn1c(-c2ccccc2)c(C(=O)C[N+](C)(C)C2CCCC2)c2ccccc21. The molecule has 0 amide bonds. The van der Waals surface area contributed by atoms with Gasteiger partial charge in [0.25, 0.3) is 0 Å². The highest BCUT2D eigenvalue weighted by Gasteiger charge is 2.35. The van der Waals surface area contributed by atoms with Gasteiger partial charge in [0, 0.05) is 17.4 Å². The number of fused-ring (bicyclic) bond motifs is 1. The van der Waals surface area contributed by atoms with Crippen LogP contribution in [-0.4, -0.2) is 41.5 Å². The highest BCUT2D eigenvalue weighted by atomic mass is 16.1. The molecule has 2 aromatic carbocycles. The first-order valence-corrected chi connectivity index (χ1v) is 10.6. The van der Waals surface area contributed by atoms with Gasteiger partial charge in [0.1, 0.15) is 6.54 Å². The van der Waals surface area contributed by atoms with E-state index in [2.05, 4.69) is 68.1 Å². The van der Waals surface area contributed by atoms with E-state index >= 15 is 0 Å². The molecule has 28 heavy (non-hydrogen) atoms. The van der Waals surface area contributed by atoms with Crippen molar-refractivity contribution < 1.29 is 9.28 Å². The molecule has 0 saturated heterocycles. The summed E-state index contributed by atoms with van der Waals surface area (Å²) in [5.74, 6) is 0.263. The summed E-state index contributed by atoms with van der Waals surface area (Å²) in [6.45, 7) is 3.56. The van der Waals surface area contributed by atoms with Crippen molar-refractivity contribution in [3.63, 3.8) is 0 Å². The second kappa shape index (κ2) is 7.56. The van der Waals surface area contributed by atoms with Crippen LogP contribution in [0.15, 0.2) is 54.6 Å². The molecule has 3 aromatic rings. The first-order chi connectivity index (χ1) is 13.5.